The Bertz CT molecular complexity index is 2010. The van der Waals surface area contributed by atoms with Gasteiger partial charge < -0.3 is 4.90 Å². The Morgan fingerprint density at radius 1 is 1.11 bits per heavy atom. The number of carbonyl (C=O) groups excluding carboxylic acids is 1. The maximum atomic E-state index is 14.4. The molecule has 0 saturated heterocycles. The molecule has 0 spiro atoms. The number of aryl methyl sites for hydroxylation is 1. The Hall–Kier alpha value is -4.26. The molecule has 1 aliphatic heterocycles. The molecule has 4 heterocycles. The van der Waals surface area contributed by atoms with Crippen molar-refractivity contribution in [1.29, 1.82) is 0 Å². The quantitative estimate of drug-likeness (QED) is 0.235. The van der Waals surface area contributed by atoms with Crippen LogP contribution in [0, 0.1) is 12.8 Å². The molecule has 0 unspecified atom stereocenters. The second-order valence-electron chi connectivity index (χ2n) is 12.0. The highest BCUT2D eigenvalue weighted by atomic mass is 79.9. The predicted molar refractivity (Wildman–Crippen MR) is 164 cm³/mol. The van der Waals surface area contributed by atoms with Gasteiger partial charge in [-0.25, -0.2) is 4.52 Å². The van der Waals surface area contributed by atoms with Crippen LogP contribution in [0.3, 0.4) is 0 Å². The Kier molecular flexibility index (Phi) is 7.18. The van der Waals surface area contributed by atoms with Crippen LogP contribution in [0.15, 0.2) is 57.9 Å². The molecule has 1 fully saturated rings. The van der Waals surface area contributed by atoms with E-state index in [1.807, 2.05) is 31.2 Å². The highest BCUT2D eigenvalue weighted by Crippen LogP contribution is 2.37. The minimum absolute atomic E-state index is 0.0360. The normalized spacial score (nSPS) is 17.0. The van der Waals surface area contributed by atoms with Crippen molar-refractivity contribution in [2.24, 2.45) is 5.92 Å². The molecule has 13 heteroatoms. The van der Waals surface area contributed by atoms with Crippen molar-refractivity contribution in [2.45, 2.75) is 64.7 Å². The average Bonchev–Trinajstić information content (AvgIpc) is 3.61. The number of carbonyl (C=O) groups is 1. The maximum Gasteiger partial charge on any atom is 0.417 e. The molecule has 1 N–H and O–H groups in total. The number of hydrogen-bond donors (Lipinski definition) is 1. The molecule has 2 aliphatic rings. The SMILES string of the molecule is Cc1n[nH]nc1-c1ccc(-n2c(=O)c3c(n4ncc(CC5CCC5)c24)CN(C(=O)c2ccc(Br)c(C(F)(F)F)c2)[C@H](C)C3)cc1. The van der Waals surface area contributed by atoms with Gasteiger partial charge in [0.25, 0.3) is 11.5 Å². The summed E-state index contributed by atoms with van der Waals surface area (Å²) in [6.07, 6.45) is 1.59. The van der Waals surface area contributed by atoms with Gasteiger partial charge in [0.05, 0.1) is 35.4 Å². The van der Waals surface area contributed by atoms with Crippen LogP contribution < -0.4 is 5.56 Å². The van der Waals surface area contributed by atoms with Gasteiger partial charge >= 0.3 is 6.18 Å². The lowest BCUT2D eigenvalue weighted by atomic mass is 9.81. The fraction of sp³-hybridized carbons (Fsp3) is 0.344. The number of H-pyrrole nitrogens is 1. The smallest absolute Gasteiger partial charge is 0.330 e. The van der Waals surface area contributed by atoms with Crippen molar-refractivity contribution in [3.05, 3.63) is 97.1 Å². The number of fused-ring (bicyclic) bond motifs is 3. The van der Waals surface area contributed by atoms with Crippen LogP contribution in [0.1, 0.15) is 64.6 Å². The number of aromatic amines is 1. The molecule has 45 heavy (non-hydrogen) atoms. The van der Waals surface area contributed by atoms with Crippen LogP contribution in [-0.2, 0) is 25.6 Å². The Balaban J connectivity index is 1.33. The number of halogens is 4. The zero-order valence-electron chi connectivity index (χ0n) is 24.5. The summed E-state index contributed by atoms with van der Waals surface area (Å²) in [5.41, 5.74) is 4.53. The minimum Gasteiger partial charge on any atom is -0.330 e. The van der Waals surface area contributed by atoms with Crippen LogP contribution in [0.2, 0.25) is 0 Å². The Morgan fingerprint density at radius 2 is 1.87 bits per heavy atom. The molecule has 7 rings (SSSR count). The number of rotatable bonds is 5. The fourth-order valence-electron chi connectivity index (χ4n) is 6.41. The number of benzene rings is 2. The highest BCUT2D eigenvalue weighted by Gasteiger charge is 2.36. The number of nitrogens with zero attached hydrogens (tertiary/aromatic N) is 6. The third-order valence-electron chi connectivity index (χ3n) is 9.08. The summed E-state index contributed by atoms with van der Waals surface area (Å²) >= 11 is 2.95. The van der Waals surface area contributed by atoms with Gasteiger partial charge in [-0.2, -0.15) is 33.7 Å². The summed E-state index contributed by atoms with van der Waals surface area (Å²) in [5, 5.41) is 15.7. The number of aromatic nitrogens is 6. The molecule has 0 radical (unpaired) electrons. The Labute approximate surface area is 264 Å². The monoisotopic (exact) mass is 679 g/mol. The standard InChI is InChI=1S/C32H29BrF3N7O2/c1-17-12-24-27(16-41(17)30(44)21-8-11-26(33)25(14-21)32(34,35)36)43-29(22(15-37-43)13-19-4-3-5-19)42(31(24)45)23-9-6-20(7-10-23)28-18(2)38-40-39-28/h6-11,14-15,17,19H,3-5,12-13,16H2,1-2H3,(H,38,39,40)/t17-/m1/s1. The van der Waals surface area contributed by atoms with E-state index in [4.69, 9.17) is 5.10 Å². The second-order valence-corrected chi connectivity index (χ2v) is 12.8. The van der Waals surface area contributed by atoms with Crippen LogP contribution in [0.5, 0.6) is 0 Å². The third-order valence-corrected chi connectivity index (χ3v) is 9.77. The number of nitrogens with one attached hydrogen (secondary N) is 1. The summed E-state index contributed by atoms with van der Waals surface area (Å²) < 4.78 is 44.2. The molecule has 1 atom stereocenters. The van der Waals surface area contributed by atoms with Gasteiger partial charge in [-0.15, -0.1) is 0 Å². The van der Waals surface area contributed by atoms with Crippen molar-refractivity contribution >= 4 is 27.5 Å². The molecule has 3 aromatic heterocycles. The maximum absolute atomic E-state index is 14.4. The van der Waals surface area contributed by atoms with Crippen LogP contribution in [-0.4, -0.2) is 46.4 Å². The molecule has 5 aromatic rings. The lowest BCUT2D eigenvalue weighted by molar-refractivity contribution is -0.138. The first-order valence-electron chi connectivity index (χ1n) is 14.8. The average molecular weight is 681 g/mol. The van der Waals surface area contributed by atoms with E-state index in [0.717, 1.165) is 47.8 Å². The van der Waals surface area contributed by atoms with Gasteiger partial charge in [-0.3, -0.25) is 14.2 Å². The lowest BCUT2D eigenvalue weighted by Gasteiger charge is -2.35. The lowest BCUT2D eigenvalue weighted by Crippen LogP contribution is -2.46. The van der Waals surface area contributed by atoms with Gasteiger partial charge in [0.2, 0.25) is 0 Å². The molecule has 9 nitrogen and oxygen atoms in total. The topological polar surface area (TPSA) is 101 Å². The first kappa shape index (κ1) is 29.5. The largest absolute Gasteiger partial charge is 0.417 e. The van der Waals surface area contributed by atoms with Gasteiger partial charge in [0.15, 0.2) is 0 Å². The first-order chi connectivity index (χ1) is 21.5. The molecule has 232 valence electrons. The molecular weight excluding hydrogens is 651 g/mol. The van der Waals surface area contributed by atoms with Gasteiger partial charge in [0, 0.05) is 32.8 Å². The number of alkyl halides is 3. The van der Waals surface area contributed by atoms with E-state index >= 15 is 0 Å². The fourth-order valence-corrected chi connectivity index (χ4v) is 6.89. The van der Waals surface area contributed by atoms with Gasteiger partial charge in [0.1, 0.15) is 11.3 Å². The van der Waals surface area contributed by atoms with Gasteiger partial charge in [-0.1, -0.05) is 47.3 Å². The van der Waals surface area contributed by atoms with E-state index in [1.165, 1.54) is 23.5 Å². The molecule has 1 amide bonds. The molecular formula is C32H29BrF3N7O2. The molecule has 1 aliphatic carbocycles. The van der Waals surface area contributed by atoms with Crippen LogP contribution >= 0.6 is 15.9 Å². The van der Waals surface area contributed by atoms with E-state index in [0.29, 0.717) is 28.5 Å². The van der Waals surface area contributed by atoms with Crippen molar-refractivity contribution in [3.8, 4) is 16.9 Å². The van der Waals surface area contributed by atoms with Crippen molar-refractivity contribution < 1.29 is 18.0 Å². The van der Waals surface area contributed by atoms with E-state index in [9.17, 15) is 22.8 Å². The zero-order chi connectivity index (χ0) is 31.6. The van der Waals surface area contributed by atoms with E-state index in [1.54, 1.807) is 22.2 Å². The number of amides is 1. The molecule has 1 saturated carbocycles. The third kappa shape index (κ3) is 5.06. The molecule has 0 bridgehead atoms. The van der Waals surface area contributed by atoms with Crippen LogP contribution in [0.25, 0.3) is 22.6 Å². The van der Waals surface area contributed by atoms with E-state index in [2.05, 4.69) is 31.3 Å². The summed E-state index contributed by atoms with van der Waals surface area (Å²) in [6.45, 7) is 3.71. The number of hydrogen-bond acceptors (Lipinski definition) is 5. The predicted octanol–water partition coefficient (Wildman–Crippen LogP) is 6.29. The summed E-state index contributed by atoms with van der Waals surface area (Å²) in [4.78, 5) is 29.6. The Morgan fingerprint density at radius 3 is 2.51 bits per heavy atom. The first-order valence-corrected chi connectivity index (χ1v) is 15.6. The van der Waals surface area contributed by atoms with Crippen molar-refractivity contribution in [1.82, 2.24) is 34.5 Å². The van der Waals surface area contributed by atoms with Crippen molar-refractivity contribution in [3.63, 3.8) is 0 Å². The zero-order valence-corrected chi connectivity index (χ0v) is 26.1. The summed E-state index contributed by atoms with van der Waals surface area (Å²) in [5.74, 6) is -0.0301. The van der Waals surface area contributed by atoms with Crippen molar-refractivity contribution in [2.75, 3.05) is 0 Å². The van der Waals surface area contributed by atoms with Gasteiger partial charge in [-0.05, 0) is 62.9 Å². The van der Waals surface area contributed by atoms with Crippen LogP contribution in [0.4, 0.5) is 13.2 Å². The minimum atomic E-state index is -4.62. The molecule has 2 aromatic carbocycles. The summed E-state index contributed by atoms with van der Waals surface area (Å²) in [6, 6.07) is 10.6. The van der Waals surface area contributed by atoms with E-state index < -0.39 is 23.7 Å². The van der Waals surface area contributed by atoms with E-state index in [-0.39, 0.29) is 28.6 Å². The highest BCUT2D eigenvalue weighted by molar-refractivity contribution is 9.10. The second kappa shape index (κ2) is 11.0. The summed E-state index contributed by atoms with van der Waals surface area (Å²) in [7, 11) is 0.